The number of aliphatic imine (C=N–C) groups is 1. The second-order valence-corrected chi connectivity index (χ2v) is 4.63. The Hall–Kier alpha value is -1.71. The standard InChI is InChI=1S/C13H16N4/c1-10-6-4-5-9-14-13(10)17-12-8-3-2-7-11(12)15-16-17/h2-3,7-8,10H,4-6,9H2,1H3. The maximum atomic E-state index is 4.67. The number of nitrogens with zero attached hydrogens (tertiary/aromatic N) is 4. The van der Waals surface area contributed by atoms with Crippen LogP contribution < -0.4 is 0 Å². The minimum Gasteiger partial charge on any atom is -0.270 e. The Morgan fingerprint density at radius 2 is 2.12 bits per heavy atom. The molecule has 0 saturated heterocycles. The lowest BCUT2D eigenvalue weighted by Gasteiger charge is -2.12. The maximum Gasteiger partial charge on any atom is 0.130 e. The molecule has 1 aliphatic heterocycles. The highest BCUT2D eigenvalue weighted by molar-refractivity contribution is 5.93. The van der Waals surface area contributed by atoms with E-state index in [-0.39, 0.29) is 0 Å². The number of fused-ring (bicyclic) bond motifs is 1. The summed E-state index contributed by atoms with van der Waals surface area (Å²) in [6, 6.07) is 8.04. The van der Waals surface area contributed by atoms with E-state index in [1.54, 1.807) is 0 Å². The number of rotatable bonds is 0. The van der Waals surface area contributed by atoms with Gasteiger partial charge in [0.25, 0.3) is 0 Å². The van der Waals surface area contributed by atoms with Crippen LogP contribution in [0.1, 0.15) is 26.2 Å². The molecule has 0 fully saturated rings. The number of hydrogen-bond acceptors (Lipinski definition) is 3. The molecule has 0 aliphatic carbocycles. The topological polar surface area (TPSA) is 43.1 Å². The van der Waals surface area contributed by atoms with Gasteiger partial charge in [0, 0.05) is 12.5 Å². The van der Waals surface area contributed by atoms with Gasteiger partial charge in [-0.3, -0.25) is 4.99 Å². The highest BCUT2D eigenvalue weighted by atomic mass is 15.4. The Morgan fingerprint density at radius 3 is 3.06 bits per heavy atom. The Balaban J connectivity index is 2.10. The lowest BCUT2D eigenvalue weighted by molar-refractivity contribution is 0.619. The van der Waals surface area contributed by atoms with Crippen molar-refractivity contribution in [3.63, 3.8) is 0 Å². The van der Waals surface area contributed by atoms with Crippen LogP contribution in [-0.2, 0) is 0 Å². The van der Waals surface area contributed by atoms with Gasteiger partial charge < -0.3 is 0 Å². The molecule has 0 bridgehead atoms. The third-order valence-electron chi connectivity index (χ3n) is 3.33. The molecule has 2 heterocycles. The fourth-order valence-corrected chi connectivity index (χ4v) is 2.35. The summed E-state index contributed by atoms with van der Waals surface area (Å²) in [6.45, 7) is 3.13. The van der Waals surface area contributed by atoms with Gasteiger partial charge in [0.1, 0.15) is 11.4 Å². The van der Waals surface area contributed by atoms with Crippen LogP contribution in [0.3, 0.4) is 0 Å². The Morgan fingerprint density at radius 1 is 1.24 bits per heavy atom. The van der Waals surface area contributed by atoms with E-state index < -0.39 is 0 Å². The van der Waals surface area contributed by atoms with Crippen molar-refractivity contribution in [1.29, 1.82) is 0 Å². The summed E-state index contributed by atoms with van der Waals surface area (Å²) in [5.41, 5.74) is 1.99. The Bertz CT molecular complexity index is 555. The molecule has 1 atom stereocenters. The molecule has 88 valence electrons. The van der Waals surface area contributed by atoms with Crippen molar-refractivity contribution in [1.82, 2.24) is 15.0 Å². The molecule has 1 aromatic carbocycles. The molecule has 4 heteroatoms. The molecule has 0 N–H and O–H groups in total. The van der Waals surface area contributed by atoms with Crippen LogP contribution in [0, 0.1) is 5.92 Å². The smallest absolute Gasteiger partial charge is 0.130 e. The number of aromatic nitrogens is 3. The zero-order chi connectivity index (χ0) is 11.7. The quantitative estimate of drug-likeness (QED) is 0.695. The van der Waals surface area contributed by atoms with Gasteiger partial charge in [0.15, 0.2) is 0 Å². The van der Waals surface area contributed by atoms with E-state index >= 15 is 0 Å². The Kier molecular flexibility index (Phi) is 2.63. The van der Waals surface area contributed by atoms with Gasteiger partial charge in [0.05, 0.1) is 5.52 Å². The van der Waals surface area contributed by atoms with Crippen molar-refractivity contribution in [2.75, 3.05) is 6.54 Å². The first-order chi connectivity index (χ1) is 8.36. The van der Waals surface area contributed by atoms with E-state index in [1.807, 2.05) is 22.9 Å². The number of hydrogen-bond donors (Lipinski definition) is 0. The van der Waals surface area contributed by atoms with Crippen LogP contribution in [0.15, 0.2) is 29.3 Å². The first-order valence-corrected chi connectivity index (χ1v) is 6.21. The minimum absolute atomic E-state index is 0.461. The zero-order valence-corrected chi connectivity index (χ0v) is 10.0. The van der Waals surface area contributed by atoms with Crippen LogP contribution in [0.25, 0.3) is 11.0 Å². The maximum absolute atomic E-state index is 4.67. The molecular formula is C13H16N4. The van der Waals surface area contributed by atoms with Gasteiger partial charge in [-0.05, 0) is 25.0 Å². The predicted molar refractivity (Wildman–Crippen MR) is 68.2 cm³/mol. The molecule has 1 aliphatic rings. The van der Waals surface area contributed by atoms with E-state index in [0.717, 1.165) is 23.4 Å². The highest BCUT2D eigenvalue weighted by Gasteiger charge is 2.18. The lowest BCUT2D eigenvalue weighted by atomic mass is 10.0. The normalized spacial score (nSPS) is 21.2. The van der Waals surface area contributed by atoms with Crippen molar-refractivity contribution < 1.29 is 0 Å². The van der Waals surface area contributed by atoms with Crippen molar-refractivity contribution in [3.8, 4) is 0 Å². The van der Waals surface area contributed by atoms with Gasteiger partial charge in [-0.1, -0.05) is 30.7 Å². The third-order valence-corrected chi connectivity index (χ3v) is 3.33. The molecule has 3 rings (SSSR count). The second kappa shape index (κ2) is 4.28. The molecule has 0 radical (unpaired) electrons. The van der Waals surface area contributed by atoms with Crippen LogP contribution >= 0.6 is 0 Å². The monoisotopic (exact) mass is 228 g/mol. The van der Waals surface area contributed by atoms with Crippen molar-refractivity contribution in [2.24, 2.45) is 10.9 Å². The van der Waals surface area contributed by atoms with Gasteiger partial charge in [-0.25, -0.2) is 0 Å². The molecule has 1 unspecified atom stereocenters. The van der Waals surface area contributed by atoms with Crippen molar-refractivity contribution in [3.05, 3.63) is 24.3 Å². The summed E-state index contributed by atoms with van der Waals surface area (Å²) in [5.74, 6) is 1.53. The van der Waals surface area contributed by atoms with E-state index in [4.69, 9.17) is 0 Å². The summed E-state index contributed by atoms with van der Waals surface area (Å²) >= 11 is 0. The molecule has 4 nitrogen and oxygen atoms in total. The molecule has 2 aromatic rings. The fourth-order valence-electron chi connectivity index (χ4n) is 2.35. The summed E-state index contributed by atoms with van der Waals surface area (Å²) in [4.78, 5) is 4.67. The van der Waals surface area contributed by atoms with Crippen LogP contribution in [-0.4, -0.2) is 27.4 Å². The molecular weight excluding hydrogens is 212 g/mol. The fraction of sp³-hybridized carbons (Fsp3) is 0.462. The highest BCUT2D eigenvalue weighted by Crippen LogP contribution is 2.18. The summed E-state index contributed by atoms with van der Waals surface area (Å²) < 4.78 is 1.91. The van der Waals surface area contributed by atoms with Gasteiger partial charge in [-0.2, -0.15) is 4.68 Å². The zero-order valence-electron chi connectivity index (χ0n) is 10.0. The van der Waals surface area contributed by atoms with Gasteiger partial charge >= 0.3 is 0 Å². The number of para-hydroxylation sites is 1. The van der Waals surface area contributed by atoms with Gasteiger partial charge in [-0.15, -0.1) is 5.10 Å². The lowest BCUT2D eigenvalue weighted by Crippen LogP contribution is -2.21. The van der Waals surface area contributed by atoms with Crippen molar-refractivity contribution in [2.45, 2.75) is 26.2 Å². The van der Waals surface area contributed by atoms with E-state index in [9.17, 15) is 0 Å². The minimum atomic E-state index is 0.461. The molecule has 0 saturated carbocycles. The number of benzene rings is 1. The second-order valence-electron chi connectivity index (χ2n) is 4.63. The third kappa shape index (κ3) is 1.84. The average Bonchev–Trinajstić information content (AvgIpc) is 2.66. The summed E-state index contributed by atoms with van der Waals surface area (Å²) in [7, 11) is 0. The van der Waals surface area contributed by atoms with Crippen LogP contribution in [0.2, 0.25) is 0 Å². The summed E-state index contributed by atoms with van der Waals surface area (Å²) in [6.07, 6.45) is 3.62. The molecule has 0 spiro atoms. The predicted octanol–water partition coefficient (Wildman–Crippen LogP) is 2.50. The molecule has 1 aromatic heterocycles. The average molecular weight is 228 g/mol. The van der Waals surface area contributed by atoms with Gasteiger partial charge in [0.2, 0.25) is 0 Å². The summed E-state index contributed by atoms with van der Waals surface area (Å²) in [5, 5.41) is 8.44. The van der Waals surface area contributed by atoms with E-state index in [1.165, 1.54) is 19.3 Å². The first-order valence-electron chi connectivity index (χ1n) is 6.21. The Labute approximate surface area is 100 Å². The van der Waals surface area contributed by atoms with E-state index in [2.05, 4.69) is 28.3 Å². The molecule has 17 heavy (non-hydrogen) atoms. The largest absolute Gasteiger partial charge is 0.270 e. The van der Waals surface area contributed by atoms with Crippen LogP contribution in [0.4, 0.5) is 0 Å². The van der Waals surface area contributed by atoms with Crippen LogP contribution in [0.5, 0.6) is 0 Å². The van der Waals surface area contributed by atoms with E-state index in [0.29, 0.717) is 5.92 Å². The SMILES string of the molecule is CC1CCCCN=C1n1nnc2ccccc21. The van der Waals surface area contributed by atoms with Crippen molar-refractivity contribution >= 4 is 16.9 Å². The molecule has 0 amide bonds. The first kappa shape index (κ1) is 10.4.